The number of aryl methyl sites for hydroxylation is 2. The van der Waals surface area contributed by atoms with Gasteiger partial charge in [-0.2, -0.15) is 0 Å². The Morgan fingerprint density at radius 1 is 0.868 bits per heavy atom. The van der Waals surface area contributed by atoms with E-state index in [0.717, 1.165) is 28.7 Å². The van der Waals surface area contributed by atoms with Gasteiger partial charge < -0.3 is 30.5 Å². The Morgan fingerprint density at radius 3 is 2.17 bits per heavy atom. The topological polar surface area (TPSA) is 125 Å². The molecule has 3 aromatic rings. The molecule has 3 fully saturated rings. The third-order valence-electron chi connectivity index (χ3n) is 11.2. The Labute approximate surface area is 321 Å². The monoisotopic (exact) mass is 761 g/mol. The van der Waals surface area contributed by atoms with E-state index >= 15 is 0 Å². The molecule has 12 heteroatoms. The summed E-state index contributed by atoms with van der Waals surface area (Å²) in [5.74, 6) is -0.279. The highest BCUT2D eigenvalue weighted by molar-refractivity contribution is 6.42. The van der Waals surface area contributed by atoms with Crippen molar-refractivity contribution in [2.75, 3.05) is 32.7 Å². The number of halogens is 2. The van der Waals surface area contributed by atoms with Crippen LogP contribution >= 0.6 is 23.2 Å². The van der Waals surface area contributed by atoms with E-state index < -0.39 is 23.2 Å². The van der Waals surface area contributed by atoms with Gasteiger partial charge in [0, 0.05) is 55.7 Å². The van der Waals surface area contributed by atoms with Gasteiger partial charge in [0.1, 0.15) is 0 Å². The Hall–Kier alpha value is -4.12. The van der Waals surface area contributed by atoms with E-state index in [-0.39, 0.29) is 48.7 Å². The molecule has 4 amide bonds. The Morgan fingerprint density at radius 2 is 1.57 bits per heavy atom. The fraction of sp³-hybridized carbons (Fsp3) is 0.463. The number of piperidine rings is 1. The molecule has 282 valence electrons. The number of nitrogens with zero attached hydrogens (tertiary/aromatic N) is 3. The predicted octanol–water partition coefficient (Wildman–Crippen LogP) is 6.34. The van der Waals surface area contributed by atoms with Gasteiger partial charge in [-0.15, -0.1) is 0 Å². The zero-order valence-corrected chi connectivity index (χ0v) is 32.5. The molecular formula is C41H49Cl2N5O5. The van der Waals surface area contributed by atoms with Crippen LogP contribution in [0.15, 0.2) is 66.7 Å². The number of piperazine rings is 1. The summed E-state index contributed by atoms with van der Waals surface area (Å²) in [5, 5.41) is 4.31. The van der Waals surface area contributed by atoms with Crippen molar-refractivity contribution in [2.45, 2.75) is 77.6 Å². The number of ether oxygens (including phenoxy) is 1. The maximum Gasteiger partial charge on any atom is 0.405 e. The first-order valence-corrected chi connectivity index (χ1v) is 19.0. The molecule has 2 aliphatic heterocycles. The maximum atomic E-state index is 14.5. The molecule has 2 heterocycles. The summed E-state index contributed by atoms with van der Waals surface area (Å²) in [5.41, 5.74) is 7.69. The molecule has 0 spiro atoms. The van der Waals surface area contributed by atoms with E-state index in [0.29, 0.717) is 48.2 Å². The minimum absolute atomic E-state index is 0.0269. The molecule has 3 N–H and O–H groups in total. The summed E-state index contributed by atoms with van der Waals surface area (Å²) >= 11 is 12.7. The van der Waals surface area contributed by atoms with Crippen molar-refractivity contribution in [2.24, 2.45) is 17.1 Å². The second-order valence-electron chi connectivity index (χ2n) is 15.9. The summed E-state index contributed by atoms with van der Waals surface area (Å²) in [6, 6.07) is 20.2. The number of nitrogens with one attached hydrogen (secondary N) is 1. The zero-order valence-electron chi connectivity index (χ0n) is 31.0. The van der Waals surface area contributed by atoms with Gasteiger partial charge in [0.15, 0.2) is 0 Å². The fourth-order valence-electron chi connectivity index (χ4n) is 8.51. The van der Waals surface area contributed by atoms with Crippen molar-refractivity contribution in [3.05, 3.63) is 105 Å². The van der Waals surface area contributed by atoms with E-state index in [4.69, 9.17) is 33.7 Å². The van der Waals surface area contributed by atoms with Crippen molar-refractivity contribution in [1.29, 1.82) is 0 Å². The molecule has 2 saturated heterocycles. The third kappa shape index (κ3) is 8.05. The lowest BCUT2D eigenvalue weighted by atomic mass is 9.71. The number of benzene rings is 3. The first-order chi connectivity index (χ1) is 25.1. The Bertz CT molecular complexity index is 1860. The average molecular weight is 763 g/mol. The van der Waals surface area contributed by atoms with Crippen LogP contribution in [-0.4, -0.2) is 88.9 Å². The van der Waals surface area contributed by atoms with Crippen molar-refractivity contribution < 1.29 is 23.9 Å². The smallest absolute Gasteiger partial charge is 0.405 e. The normalized spacial score (nSPS) is 22.4. The van der Waals surface area contributed by atoms with E-state index in [9.17, 15) is 19.2 Å². The lowest BCUT2D eigenvalue weighted by molar-refractivity contribution is -0.165. The number of fused-ring (bicyclic) bond motifs is 2. The third-order valence-corrected chi connectivity index (χ3v) is 12.0. The quantitative estimate of drug-likeness (QED) is 0.263. The summed E-state index contributed by atoms with van der Waals surface area (Å²) in [4.78, 5) is 60.0. The molecular weight excluding hydrogens is 713 g/mol. The number of rotatable bonds is 9. The summed E-state index contributed by atoms with van der Waals surface area (Å²) in [6.45, 7) is 11.3. The molecule has 53 heavy (non-hydrogen) atoms. The largest absolute Gasteiger partial charge is 0.432 e. The molecule has 3 unspecified atom stereocenters. The second kappa shape index (κ2) is 15.3. The number of nitrogens with two attached hydrogens (primary N) is 1. The van der Waals surface area contributed by atoms with Crippen molar-refractivity contribution in [3.63, 3.8) is 0 Å². The molecule has 0 radical (unpaired) electrons. The van der Waals surface area contributed by atoms with Gasteiger partial charge in [0.25, 0.3) is 11.8 Å². The predicted molar refractivity (Wildman–Crippen MR) is 206 cm³/mol. The first kappa shape index (κ1) is 38.6. The lowest BCUT2D eigenvalue weighted by Gasteiger charge is -2.46. The second-order valence-corrected chi connectivity index (χ2v) is 16.7. The number of hydrogen-bond acceptors (Lipinski definition) is 6. The molecule has 5 atom stereocenters. The molecule has 1 saturated carbocycles. The molecule has 0 aromatic heterocycles. The lowest BCUT2D eigenvalue weighted by Crippen LogP contribution is -2.63. The van der Waals surface area contributed by atoms with Crippen LogP contribution in [0.4, 0.5) is 4.79 Å². The molecule has 1 aliphatic carbocycles. The minimum atomic E-state index is -1.50. The number of carbonyl (C=O) groups excluding carboxylic acids is 4. The number of hydrogen-bond donors (Lipinski definition) is 2. The average Bonchev–Trinajstić information content (AvgIpc) is 3.71. The summed E-state index contributed by atoms with van der Waals surface area (Å²) in [7, 11) is 0. The van der Waals surface area contributed by atoms with Gasteiger partial charge in [-0.05, 0) is 68.0 Å². The molecule has 10 nitrogen and oxygen atoms in total. The summed E-state index contributed by atoms with van der Waals surface area (Å²) < 4.78 is 5.82. The zero-order chi connectivity index (χ0) is 38.2. The van der Waals surface area contributed by atoms with Gasteiger partial charge in [-0.3, -0.25) is 14.4 Å². The van der Waals surface area contributed by atoms with Crippen LogP contribution in [0.2, 0.25) is 10.0 Å². The minimum Gasteiger partial charge on any atom is -0.432 e. The highest BCUT2D eigenvalue weighted by Gasteiger charge is 2.58. The van der Waals surface area contributed by atoms with Gasteiger partial charge in [0.2, 0.25) is 11.5 Å². The number of carbonyl (C=O) groups is 4. The van der Waals surface area contributed by atoms with Crippen molar-refractivity contribution >= 4 is 47.0 Å². The number of amides is 4. The van der Waals surface area contributed by atoms with Crippen molar-refractivity contribution in [1.82, 2.24) is 20.0 Å². The van der Waals surface area contributed by atoms with E-state index in [1.54, 1.807) is 17.0 Å². The van der Waals surface area contributed by atoms with E-state index in [2.05, 4.69) is 5.32 Å². The van der Waals surface area contributed by atoms with Crippen LogP contribution in [0.25, 0.3) is 0 Å². The van der Waals surface area contributed by atoms with Gasteiger partial charge in [0.05, 0.1) is 22.6 Å². The SMILES string of the molecule is Cc1cc(C)cc(C(=O)N2CCN(C(=O)CNC3CC4CC3CN4C(=O)[C@](Cc3ccccc3)(OC(N)=O)C(C)(C)C)[C@H](c3ccc(Cl)c(Cl)c3)C2)c1. The molecule has 3 aliphatic rings. The van der Waals surface area contributed by atoms with Crippen LogP contribution in [0, 0.1) is 25.2 Å². The highest BCUT2D eigenvalue weighted by atomic mass is 35.5. The van der Waals surface area contributed by atoms with Gasteiger partial charge in [-0.1, -0.05) is 97.6 Å². The Kier molecular flexibility index (Phi) is 11.2. The molecule has 3 aromatic carbocycles. The van der Waals surface area contributed by atoms with Crippen LogP contribution in [0.3, 0.4) is 0 Å². The summed E-state index contributed by atoms with van der Waals surface area (Å²) in [6.07, 6.45) is 0.666. The molecule has 6 rings (SSSR count). The maximum absolute atomic E-state index is 14.5. The fourth-order valence-corrected chi connectivity index (χ4v) is 8.81. The van der Waals surface area contributed by atoms with Crippen molar-refractivity contribution in [3.8, 4) is 0 Å². The first-order valence-electron chi connectivity index (χ1n) is 18.2. The van der Waals surface area contributed by atoms with Gasteiger partial charge >= 0.3 is 6.09 Å². The molecule has 2 bridgehead atoms. The highest BCUT2D eigenvalue weighted by Crippen LogP contribution is 2.44. The van der Waals surface area contributed by atoms with Crippen LogP contribution in [0.5, 0.6) is 0 Å². The van der Waals surface area contributed by atoms with Crippen LogP contribution in [0.1, 0.15) is 72.3 Å². The van der Waals surface area contributed by atoms with Crippen LogP contribution in [-0.2, 0) is 20.7 Å². The Balaban J connectivity index is 1.14. The van der Waals surface area contributed by atoms with Gasteiger partial charge in [-0.25, -0.2) is 4.79 Å². The van der Waals surface area contributed by atoms with E-state index in [1.165, 1.54) is 0 Å². The number of likely N-dealkylation sites (tertiary alicyclic amines) is 1. The van der Waals surface area contributed by atoms with E-state index in [1.807, 2.05) is 99.0 Å². The van der Waals surface area contributed by atoms with Crippen LogP contribution < -0.4 is 11.1 Å². The standard InChI is InChI=1S/C41H49Cl2N5O5/c1-25-15-26(2)17-29(16-25)37(50)46-13-14-47(35(24-46)28-11-12-32(42)33(43)19-28)36(49)22-45-34-20-31-18-30(34)23-48(31)38(51)41(40(3,4)5,53-39(44)52)21-27-9-7-6-8-10-27/h6-12,15-17,19,30-31,34-35,45H,13-14,18,20-24H2,1-5H3,(H2,44,52)/t30?,31?,34?,35-,41-/m0/s1. The number of primary amides is 1.